The maximum absolute atomic E-state index is 14.9. The fraction of sp³-hybridized carbons (Fsp3) is 0.422. The number of ether oxygens (including phenoxy) is 4. The second-order valence-electron chi connectivity index (χ2n) is 22.1. The molecule has 6 aromatic rings. The van der Waals surface area contributed by atoms with Crippen molar-refractivity contribution in [1.29, 1.82) is 0 Å². The van der Waals surface area contributed by atoms with Crippen LogP contribution >= 0.6 is 11.8 Å². The number of benzene rings is 5. The quantitative estimate of drug-likeness (QED) is 0.0348. The highest BCUT2D eigenvalue weighted by Gasteiger charge is 2.40. The Labute approximate surface area is 499 Å². The highest BCUT2D eigenvalue weighted by molar-refractivity contribution is 7.99. The van der Waals surface area contributed by atoms with Crippen LogP contribution in [-0.4, -0.2) is 167 Å². The van der Waals surface area contributed by atoms with Crippen LogP contribution < -0.4 is 21.3 Å². The van der Waals surface area contributed by atoms with Crippen molar-refractivity contribution in [2.24, 2.45) is 0 Å². The number of carbonyl (C=O) groups excluding carboxylic acids is 6. The summed E-state index contributed by atoms with van der Waals surface area (Å²) in [5.41, 5.74) is 8.81. The van der Waals surface area contributed by atoms with Gasteiger partial charge in [-0.1, -0.05) is 115 Å². The minimum absolute atomic E-state index is 0.0405. The summed E-state index contributed by atoms with van der Waals surface area (Å²) in [7, 11) is 0. The Hall–Kier alpha value is -7.82. The molecule has 4 amide bonds. The highest BCUT2D eigenvalue weighted by Crippen LogP contribution is 2.46. The van der Waals surface area contributed by atoms with Gasteiger partial charge in [-0.15, -0.1) is 5.10 Å². The van der Waals surface area contributed by atoms with E-state index in [1.54, 1.807) is 42.2 Å². The van der Waals surface area contributed by atoms with E-state index in [4.69, 9.17) is 18.9 Å². The lowest BCUT2D eigenvalue weighted by Gasteiger charge is -2.33. The van der Waals surface area contributed by atoms with Crippen LogP contribution in [0.15, 0.2) is 137 Å². The van der Waals surface area contributed by atoms with Gasteiger partial charge in [0.2, 0.25) is 28.8 Å². The Balaban J connectivity index is 0.745. The number of hydrogen-bond donors (Lipinski definition) is 4. The summed E-state index contributed by atoms with van der Waals surface area (Å²) in [6.45, 7) is 8.12. The number of likely N-dealkylation sites (tertiary alicyclic amines) is 2. The molecule has 2 aliphatic heterocycles. The summed E-state index contributed by atoms with van der Waals surface area (Å²) in [6.07, 6.45) is 1.32. The summed E-state index contributed by atoms with van der Waals surface area (Å²) in [5.74, 6) is -3.00. The number of nitrogens with one attached hydrogen (secondary N) is 4. The summed E-state index contributed by atoms with van der Waals surface area (Å²) in [4.78, 5) is 87.6. The van der Waals surface area contributed by atoms with Crippen molar-refractivity contribution in [1.82, 2.24) is 51.3 Å². The van der Waals surface area contributed by atoms with Gasteiger partial charge in [-0.2, -0.15) is 0 Å². The zero-order chi connectivity index (χ0) is 59.4. The number of amides is 4. The van der Waals surface area contributed by atoms with Crippen molar-refractivity contribution < 1.29 is 47.7 Å². The van der Waals surface area contributed by atoms with Gasteiger partial charge >= 0.3 is 11.9 Å². The average molecular weight is 1180 g/mol. The number of rotatable bonds is 27. The minimum atomic E-state index is -1.18. The topological polar surface area (TPSA) is 238 Å². The van der Waals surface area contributed by atoms with Gasteiger partial charge in [0.1, 0.15) is 25.3 Å². The van der Waals surface area contributed by atoms with Gasteiger partial charge < -0.3 is 39.4 Å². The van der Waals surface area contributed by atoms with Crippen LogP contribution in [0, 0.1) is 0 Å². The first-order chi connectivity index (χ1) is 41.3. The number of aromatic nitrogens is 4. The molecule has 1 aromatic heterocycles. The van der Waals surface area contributed by atoms with Gasteiger partial charge in [0, 0.05) is 36.4 Å². The number of hydrogen-bond acceptors (Lipinski definition) is 16. The first kappa shape index (κ1) is 60.3. The maximum Gasteiger partial charge on any atom is 0.319 e. The molecule has 2 fully saturated rings. The van der Waals surface area contributed by atoms with E-state index in [1.165, 1.54) is 11.8 Å². The van der Waals surface area contributed by atoms with Gasteiger partial charge in [0.25, 0.3) is 0 Å². The smallest absolute Gasteiger partial charge is 0.319 e. The Bertz CT molecular complexity index is 3230. The Kier molecular flexibility index (Phi) is 20.1. The van der Waals surface area contributed by atoms with Gasteiger partial charge in [-0.25, -0.2) is 4.68 Å². The molecule has 446 valence electrons. The first-order valence-electron chi connectivity index (χ1n) is 29.4. The van der Waals surface area contributed by atoms with E-state index in [2.05, 4.69) is 61.1 Å². The number of nitrogens with zero attached hydrogens (tertiary/aromatic N) is 6. The molecule has 4 aliphatic rings. The maximum atomic E-state index is 14.9. The largest absolute Gasteiger partial charge is 0.464 e. The molecular formula is C64H74N10O10S. The zero-order valence-corrected chi connectivity index (χ0v) is 49.2. The number of tetrazole rings is 1. The second-order valence-corrected chi connectivity index (χ2v) is 23.1. The molecule has 20 nitrogen and oxygen atoms in total. The standard InChI is InChI=1S/C64H74N10O10S/c1-40(65-35-56(75)83-38-54-50-26-12-8-22-46(50)47-23-9-13-27-51(47)54)60(77)67-58(62(79)72-30-16-17-31-72)42(3)81-33-34-82-43(4)59(63(80)73-32-18-19-44(73)37-74-64(69-70-71-74)85-45-20-6-5-7-21-45)68-61(78)41(2)66-36-57(76)84-39-55-52-28-14-10-24-48(52)49-25-11-15-29-53(49)55/h5-15,20-29,40-44,54-55,58-59,65-66H,16-19,30-39H2,1-4H3,(H,67,77)(H,68,78). The zero-order valence-electron chi connectivity index (χ0n) is 48.4. The van der Waals surface area contributed by atoms with Crippen molar-refractivity contribution in [3.8, 4) is 22.3 Å². The van der Waals surface area contributed by atoms with E-state index in [0.29, 0.717) is 44.2 Å². The molecule has 7 unspecified atom stereocenters. The van der Waals surface area contributed by atoms with E-state index >= 15 is 0 Å². The minimum Gasteiger partial charge on any atom is -0.464 e. The molecule has 3 heterocycles. The highest BCUT2D eigenvalue weighted by atomic mass is 32.2. The van der Waals surface area contributed by atoms with E-state index in [1.807, 2.05) is 103 Å². The van der Waals surface area contributed by atoms with Gasteiger partial charge in [0.05, 0.1) is 63.2 Å². The van der Waals surface area contributed by atoms with Crippen molar-refractivity contribution in [3.05, 3.63) is 150 Å². The lowest BCUT2D eigenvalue weighted by Crippen LogP contribution is -2.58. The van der Waals surface area contributed by atoms with Crippen LogP contribution in [0.1, 0.15) is 87.5 Å². The predicted octanol–water partition coefficient (Wildman–Crippen LogP) is 5.89. The summed E-state index contributed by atoms with van der Waals surface area (Å²) in [6, 6.07) is 37.7. The molecule has 85 heavy (non-hydrogen) atoms. The van der Waals surface area contributed by atoms with Crippen LogP contribution in [0.5, 0.6) is 0 Å². The third kappa shape index (κ3) is 14.5. The molecule has 5 aromatic carbocycles. The van der Waals surface area contributed by atoms with Crippen LogP contribution in [0.25, 0.3) is 22.3 Å². The van der Waals surface area contributed by atoms with E-state index in [-0.39, 0.29) is 69.2 Å². The van der Waals surface area contributed by atoms with Crippen molar-refractivity contribution in [3.63, 3.8) is 0 Å². The van der Waals surface area contributed by atoms with Crippen LogP contribution in [0.3, 0.4) is 0 Å². The lowest BCUT2D eigenvalue weighted by molar-refractivity contribution is -0.145. The van der Waals surface area contributed by atoms with Crippen LogP contribution in [0.2, 0.25) is 0 Å². The van der Waals surface area contributed by atoms with Crippen molar-refractivity contribution in [2.75, 3.05) is 59.2 Å². The Morgan fingerprint density at radius 1 is 0.565 bits per heavy atom. The third-order valence-electron chi connectivity index (χ3n) is 16.5. The number of esters is 2. The molecule has 2 aliphatic carbocycles. The summed E-state index contributed by atoms with van der Waals surface area (Å²) >= 11 is 1.41. The molecule has 0 saturated carbocycles. The fourth-order valence-corrected chi connectivity index (χ4v) is 12.6. The summed E-state index contributed by atoms with van der Waals surface area (Å²) < 4.78 is 25.8. The molecule has 21 heteroatoms. The predicted molar refractivity (Wildman–Crippen MR) is 318 cm³/mol. The molecule has 0 radical (unpaired) electrons. The van der Waals surface area contributed by atoms with E-state index in [9.17, 15) is 28.8 Å². The average Bonchev–Trinajstić information content (AvgIpc) is 2.40. The van der Waals surface area contributed by atoms with E-state index < -0.39 is 60.1 Å². The Morgan fingerprint density at radius 3 is 1.49 bits per heavy atom. The molecule has 0 spiro atoms. The van der Waals surface area contributed by atoms with Crippen LogP contribution in [0.4, 0.5) is 0 Å². The second kappa shape index (κ2) is 28.4. The SMILES string of the molecule is CC(NCC(=O)OCC1c2ccccc2-c2ccccc21)C(=O)NC(C(=O)N1CCCC1)C(C)OCCOC(C)C(NC(=O)C(C)NCC(=O)OCC1c2ccccc2-c2ccccc21)C(=O)N1CCCC1Cn1nnnc1Sc1ccccc1. The van der Waals surface area contributed by atoms with Gasteiger partial charge in [0.15, 0.2) is 0 Å². The normalized spacial score (nSPS) is 17.4. The van der Waals surface area contributed by atoms with Gasteiger partial charge in [-0.3, -0.25) is 39.4 Å². The molecule has 0 bridgehead atoms. The number of carbonyl (C=O) groups is 6. The number of fused-ring (bicyclic) bond motifs is 6. The fourth-order valence-electron chi connectivity index (χ4n) is 11.8. The summed E-state index contributed by atoms with van der Waals surface area (Å²) in [5, 5.41) is 24.8. The monoisotopic (exact) mass is 1170 g/mol. The van der Waals surface area contributed by atoms with Crippen LogP contribution in [-0.2, 0) is 54.3 Å². The Morgan fingerprint density at radius 2 is 1.01 bits per heavy atom. The first-order valence-corrected chi connectivity index (χ1v) is 30.2. The van der Waals surface area contributed by atoms with Gasteiger partial charge in [-0.05, 0) is 132 Å². The van der Waals surface area contributed by atoms with Crippen molar-refractivity contribution in [2.45, 2.75) is 124 Å². The molecular weight excluding hydrogens is 1100 g/mol. The molecule has 10 rings (SSSR count). The molecule has 4 N–H and O–H groups in total. The third-order valence-corrected chi connectivity index (χ3v) is 17.4. The van der Waals surface area contributed by atoms with E-state index in [0.717, 1.165) is 62.2 Å². The molecule has 2 saturated heterocycles. The molecule has 7 atom stereocenters. The lowest BCUT2D eigenvalue weighted by atomic mass is 9.98. The van der Waals surface area contributed by atoms with Crippen molar-refractivity contribution >= 4 is 47.3 Å².